The van der Waals surface area contributed by atoms with E-state index in [9.17, 15) is 27.4 Å². The Morgan fingerprint density at radius 3 is 2.52 bits per heavy atom. The number of aryl methyl sites for hydroxylation is 2. The van der Waals surface area contributed by atoms with Gasteiger partial charge in [-0.2, -0.15) is 10.1 Å². The number of benzene rings is 2. The van der Waals surface area contributed by atoms with Crippen molar-refractivity contribution in [3.8, 4) is 0 Å². The van der Waals surface area contributed by atoms with Crippen molar-refractivity contribution in [2.24, 2.45) is 20.0 Å². The van der Waals surface area contributed by atoms with E-state index in [1.54, 1.807) is 13.2 Å². The molecule has 0 bridgehead atoms. The summed E-state index contributed by atoms with van der Waals surface area (Å²) in [4.78, 5) is 50.1. The number of likely N-dealkylation sites (tertiary alicyclic amines) is 1. The average molecular weight is 845 g/mol. The third-order valence-electron chi connectivity index (χ3n) is 11.8. The molecule has 5 aromatic rings. The van der Waals surface area contributed by atoms with Gasteiger partial charge in [0.1, 0.15) is 22.9 Å². The SMILES string of the molecule is CNC(=O)N(CCC=O)c1nn(C)c2cc(C3CCN(CC(C)Cc4cccc(S(=O)N5CCC(Nc6ncc7cc(CC(F)F)c(=O)n(C)c7n6)CC5)c4)CC3)ccc12. The van der Waals surface area contributed by atoms with Gasteiger partial charge < -0.3 is 20.3 Å². The van der Waals surface area contributed by atoms with Gasteiger partial charge in [0.2, 0.25) is 12.4 Å². The molecule has 0 saturated carbocycles. The number of aromatic nitrogens is 5. The molecule has 0 aliphatic carbocycles. The Balaban J connectivity index is 0.886. The zero-order valence-corrected chi connectivity index (χ0v) is 35.5. The highest BCUT2D eigenvalue weighted by atomic mass is 32.2. The molecule has 2 aliphatic rings. The monoisotopic (exact) mass is 844 g/mol. The number of alkyl halides is 2. The quantitative estimate of drug-likeness (QED) is 0.132. The fraction of sp³-hybridized carbons (Fsp3) is 0.488. The van der Waals surface area contributed by atoms with Crippen molar-refractivity contribution in [1.29, 1.82) is 0 Å². The van der Waals surface area contributed by atoms with Gasteiger partial charge in [0, 0.05) is 88.7 Å². The van der Waals surface area contributed by atoms with Crippen LogP contribution in [0.1, 0.15) is 61.6 Å². The van der Waals surface area contributed by atoms with E-state index < -0.39 is 29.4 Å². The minimum absolute atomic E-state index is 0.0360. The number of aldehydes is 1. The summed E-state index contributed by atoms with van der Waals surface area (Å²) in [5.41, 5.74) is 3.33. The molecular weight excluding hydrogens is 791 g/mol. The molecule has 60 heavy (non-hydrogen) atoms. The molecule has 0 radical (unpaired) electrons. The highest BCUT2D eigenvalue weighted by Crippen LogP contribution is 2.34. The van der Waals surface area contributed by atoms with Gasteiger partial charge in [-0.1, -0.05) is 25.1 Å². The molecule has 2 aliphatic heterocycles. The molecule has 2 N–H and O–H groups in total. The van der Waals surface area contributed by atoms with Gasteiger partial charge in [0.05, 0.1) is 10.4 Å². The van der Waals surface area contributed by atoms with Gasteiger partial charge in [-0.25, -0.2) is 27.1 Å². The predicted octanol–water partition coefficient (Wildman–Crippen LogP) is 5.41. The highest BCUT2D eigenvalue weighted by Gasteiger charge is 2.27. The number of anilines is 2. The van der Waals surface area contributed by atoms with E-state index in [0.717, 1.165) is 73.8 Å². The number of fused-ring (bicyclic) bond motifs is 2. The van der Waals surface area contributed by atoms with Crippen LogP contribution in [0.2, 0.25) is 0 Å². The smallest absolute Gasteiger partial charge is 0.322 e. The summed E-state index contributed by atoms with van der Waals surface area (Å²) < 4.78 is 44.8. The first-order valence-electron chi connectivity index (χ1n) is 20.7. The fourth-order valence-corrected chi connectivity index (χ4v) is 9.95. The number of hydrogen-bond acceptors (Lipinski definition) is 9. The molecule has 0 spiro atoms. The zero-order valence-electron chi connectivity index (χ0n) is 34.7. The van der Waals surface area contributed by atoms with Gasteiger partial charge in [-0.05, 0) is 98.5 Å². The molecule has 2 fully saturated rings. The van der Waals surface area contributed by atoms with E-state index in [-0.39, 0.29) is 30.6 Å². The molecule has 2 saturated heterocycles. The van der Waals surface area contributed by atoms with Crippen LogP contribution in [0.4, 0.5) is 25.3 Å². The number of nitrogens with zero attached hydrogens (tertiary/aromatic N) is 8. The maximum absolute atomic E-state index is 13.7. The Kier molecular flexibility index (Phi) is 13.7. The van der Waals surface area contributed by atoms with E-state index in [0.29, 0.717) is 47.7 Å². The number of urea groups is 1. The van der Waals surface area contributed by atoms with Gasteiger partial charge in [0.15, 0.2) is 5.82 Å². The van der Waals surface area contributed by atoms with Crippen molar-refractivity contribution in [3.63, 3.8) is 0 Å². The maximum Gasteiger partial charge on any atom is 0.322 e. The first-order chi connectivity index (χ1) is 28.9. The Morgan fingerprint density at radius 2 is 1.80 bits per heavy atom. The normalized spacial score (nSPS) is 17.0. The largest absolute Gasteiger partial charge is 0.351 e. The standard InChI is InChI=1S/C43H54F2N10O4S/c1-28(27-53-16-11-30(12-17-53)31-9-10-36-37(24-31)52(4)50-40(36)55(15-6-20-56)43(58)46-2)21-29-7-5-8-35(22-29)60(59)54-18-13-34(14-19-54)48-42-47-26-33-23-32(25-38(44)45)41(57)51(3)39(33)49-42/h5,7-10,20,22-24,26,28,30,34,38H,6,11-19,21,25,27H2,1-4H3,(H,46,58)(H,47,48,49). The molecule has 5 heterocycles. The van der Waals surface area contributed by atoms with Crippen molar-refractivity contribution < 1.29 is 22.6 Å². The average Bonchev–Trinajstić information content (AvgIpc) is 3.57. The number of pyridine rings is 1. The van der Waals surface area contributed by atoms with Crippen LogP contribution in [0, 0.1) is 5.92 Å². The summed E-state index contributed by atoms with van der Waals surface area (Å²) >= 11 is 0. The summed E-state index contributed by atoms with van der Waals surface area (Å²) in [6.07, 6.45) is 3.81. The lowest BCUT2D eigenvalue weighted by molar-refractivity contribution is -0.107. The Hall–Kier alpha value is -5.13. The molecule has 2 aromatic carbocycles. The van der Waals surface area contributed by atoms with Crippen molar-refractivity contribution in [3.05, 3.63) is 81.8 Å². The summed E-state index contributed by atoms with van der Waals surface area (Å²) in [5.74, 6) is 1.76. The number of piperidine rings is 2. The first kappa shape index (κ1) is 43.0. The van der Waals surface area contributed by atoms with Crippen LogP contribution in [0.5, 0.6) is 0 Å². The van der Waals surface area contributed by atoms with Gasteiger partial charge in [-0.15, -0.1) is 0 Å². The first-order valence-corrected chi connectivity index (χ1v) is 21.8. The topological polar surface area (TPSA) is 151 Å². The van der Waals surface area contributed by atoms with E-state index in [1.165, 1.54) is 33.7 Å². The third-order valence-corrected chi connectivity index (χ3v) is 13.3. The van der Waals surface area contributed by atoms with Crippen LogP contribution in [0.3, 0.4) is 0 Å². The number of halogens is 2. The number of rotatable bonds is 15. The highest BCUT2D eigenvalue weighted by molar-refractivity contribution is 7.82. The minimum Gasteiger partial charge on any atom is -0.351 e. The molecule has 7 rings (SSSR count). The number of nitrogens with one attached hydrogen (secondary N) is 2. The number of carbonyl (C=O) groups excluding carboxylic acids is 2. The Morgan fingerprint density at radius 1 is 1.03 bits per heavy atom. The molecule has 2 unspecified atom stereocenters. The van der Waals surface area contributed by atoms with Gasteiger partial charge in [0.25, 0.3) is 5.56 Å². The zero-order chi connectivity index (χ0) is 42.5. The van der Waals surface area contributed by atoms with E-state index in [1.807, 2.05) is 28.2 Å². The summed E-state index contributed by atoms with van der Waals surface area (Å²) in [7, 11) is 3.69. The van der Waals surface area contributed by atoms with Crippen molar-refractivity contribution in [2.75, 3.05) is 56.5 Å². The Labute approximate surface area is 350 Å². The molecule has 2 atom stereocenters. The van der Waals surface area contributed by atoms with Crippen molar-refractivity contribution >= 4 is 57.0 Å². The summed E-state index contributed by atoms with van der Waals surface area (Å²) in [6.45, 7) is 6.78. The van der Waals surface area contributed by atoms with Gasteiger partial charge >= 0.3 is 6.03 Å². The lowest BCUT2D eigenvalue weighted by atomic mass is 9.88. The summed E-state index contributed by atoms with van der Waals surface area (Å²) in [6, 6.07) is 15.7. The second kappa shape index (κ2) is 19.1. The Bertz CT molecular complexity index is 2410. The van der Waals surface area contributed by atoms with Crippen LogP contribution in [-0.4, -0.2) is 109 Å². The second-order valence-electron chi connectivity index (χ2n) is 16.1. The number of amides is 2. The predicted molar refractivity (Wildman–Crippen MR) is 230 cm³/mol. The van der Waals surface area contributed by atoms with E-state index >= 15 is 0 Å². The minimum atomic E-state index is -2.62. The van der Waals surface area contributed by atoms with Crippen LogP contribution >= 0.6 is 0 Å². The summed E-state index contributed by atoms with van der Waals surface area (Å²) in [5, 5.41) is 12.1. The molecule has 320 valence electrons. The van der Waals surface area contributed by atoms with E-state index in [4.69, 9.17) is 0 Å². The third kappa shape index (κ3) is 9.74. The fourth-order valence-electron chi connectivity index (χ4n) is 8.66. The van der Waals surface area contributed by atoms with Crippen LogP contribution in [-0.2, 0) is 42.7 Å². The molecule has 3 aromatic heterocycles. The second-order valence-corrected chi connectivity index (χ2v) is 17.6. The van der Waals surface area contributed by atoms with Crippen LogP contribution in [0.25, 0.3) is 21.9 Å². The van der Waals surface area contributed by atoms with E-state index in [2.05, 4.69) is 67.9 Å². The van der Waals surface area contributed by atoms with Crippen molar-refractivity contribution in [2.45, 2.75) is 75.2 Å². The van der Waals surface area contributed by atoms with Crippen molar-refractivity contribution in [1.82, 2.24) is 38.8 Å². The lowest BCUT2D eigenvalue weighted by Gasteiger charge is -2.34. The van der Waals surface area contributed by atoms with Gasteiger partial charge in [-0.3, -0.25) is 18.9 Å². The molecule has 14 nitrogen and oxygen atoms in total. The maximum atomic E-state index is 13.7. The molecule has 2 amide bonds. The van der Waals surface area contributed by atoms with Crippen LogP contribution in [0.15, 0.2) is 64.4 Å². The molecule has 17 heteroatoms. The molecular formula is C43H54F2N10O4S. The van der Waals surface area contributed by atoms with Crippen LogP contribution < -0.4 is 21.1 Å². The number of carbonyl (C=O) groups is 2. The number of hydrogen-bond donors (Lipinski definition) is 2. The lowest BCUT2D eigenvalue weighted by Crippen LogP contribution is -2.40.